The minimum Gasteiger partial charge on any atom is -0.297 e. The van der Waals surface area contributed by atoms with Crippen molar-refractivity contribution in [1.29, 1.82) is 0 Å². The number of aryl methyl sites for hydroxylation is 1. The molecule has 0 bridgehead atoms. The Morgan fingerprint density at radius 3 is 2.10 bits per heavy atom. The minimum absolute atomic E-state index is 0. The maximum Gasteiger partial charge on any atom is 0.0602 e. The van der Waals surface area contributed by atoms with Crippen molar-refractivity contribution in [3.63, 3.8) is 0 Å². The number of hydrogen-bond acceptors (Lipinski definition) is 2. The third-order valence-corrected chi connectivity index (χ3v) is 5.81. The lowest BCUT2D eigenvalue weighted by molar-refractivity contribution is 0.105. The highest BCUT2D eigenvalue weighted by Crippen LogP contribution is 2.30. The van der Waals surface area contributed by atoms with Gasteiger partial charge in [-0.15, -0.1) is 12.4 Å². The summed E-state index contributed by atoms with van der Waals surface area (Å²) in [4.78, 5) is 5.17. The maximum absolute atomic E-state index is 6.14. The van der Waals surface area contributed by atoms with Crippen LogP contribution in [0.2, 0.25) is 5.02 Å². The zero-order chi connectivity index (χ0) is 19.3. The van der Waals surface area contributed by atoms with Gasteiger partial charge in [0.15, 0.2) is 0 Å². The van der Waals surface area contributed by atoms with Crippen molar-refractivity contribution in [2.75, 3.05) is 26.2 Å². The van der Waals surface area contributed by atoms with E-state index in [9.17, 15) is 0 Å². The molecule has 152 valence electrons. The number of benzene rings is 3. The summed E-state index contributed by atoms with van der Waals surface area (Å²) in [5.41, 5.74) is 5.40. The molecule has 0 aromatic heterocycles. The van der Waals surface area contributed by atoms with Crippen LogP contribution in [-0.4, -0.2) is 36.0 Å². The SMILES string of the molecule is Cc1cccc(CN2CCN(C(c3ccccc3)c3ccc(Cl)cc3)CC2)c1.Cl. The van der Waals surface area contributed by atoms with Gasteiger partial charge in [0.2, 0.25) is 0 Å². The van der Waals surface area contributed by atoms with E-state index in [1.807, 2.05) is 12.1 Å². The Morgan fingerprint density at radius 2 is 1.45 bits per heavy atom. The van der Waals surface area contributed by atoms with Crippen molar-refractivity contribution < 1.29 is 0 Å². The Balaban J connectivity index is 0.00000240. The van der Waals surface area contributed by atoms with Gasteiger partial charge in [-0.1, -0.05) is 83.9 Å². The number of halogens is 2. The summed E-state index contributed by atoms with van der Waals surface area (Å²) in [5, 5.41) is 0.790. The van der Waals surface area contributed by atoms with Gasteiger partial charge in [0.05, 0.1) is 6.04 Å². The quantitative estimate of drug-likeness (QED) is 0.495. The highest BCUT2D eigenvalue weighted by Gasteiger charge is 2.26. The topological polar surface area (TPSA) is 6.48 Å². The Bertz CT molecular complexity index is 888. The summed E-state index contributed by atoms with van der Waals surface area (Å²) in [7, 11) is 0. The predicted octanol–water partition coefficient (Wildman–Crippen LogP) is 5.98. The lowest BCUT2D eigenvalue weighted by atomic mass is 9.96. The molecular formula is C25H28Cl2N2. The second-order valence-corrected chi connectivity index (χ2v) is 8.10. The Hall–Kier alpha value is -1.84. The van der Waals surface area contributed by atoms with Gasteiger partial charge in [-0.3, -0.25) is 9.80 Å². The van der Waals surface area contributed by atoms with Crippen LogP contribution in [0, 0.1) is 6.92 Å². The van der Waals surface area contributed by atoms with E-state index in [2.05, 4.69) is 83.5 Å². The predicted molar refractivity (Wildman–Crippen MR) is 125 cm³/mol. The first-order valence-corrected chi connectivity index (χ1v) is 10.4. The van der Waals surface area contributed by atoms with Gasteiger partial charge in [-0.25, -0.2) is 0 Å². The third kappa shape index (κ3) is 5.61. The fraction of sp³-hybridized carbons (Fsp3) is 0.280. The number of rotatable bonds is 5. The highest BCUT2D eigenvalue weighted by molar-refractivity contribution is 6.30. The second-order valence-electron chi connectivity index (χ2n) is 7.67. The molecule has 3 aromatic carbocycles. The molecule has 1 heterocycles. The van der Waals surface area contributed by atoms with E-state index in [1.165, 1.54) is 22.3 Å². The molecule has 4 rings (SSSR count). The van der Waals surface area contributed by atoms with Crippen LogP contribution in [0.4, 0.5) is 0 Å². The molecule has 0 N–H and O–H groups in total. The highest BCUT2D eigenvalue weighted by atomic mass is 35.5. The first kappa shape index (κ1) is 21.9. The molecule has 4 heteroatoms. The normalized spacial score (nSPS) is 16.2. The minimum atomic E-state index is 0. The van der Waals surface area contributed by atoms with Crippen LogP contribution >= 0.6 is 24.0 Å². The molecule has 1 aliphatic heterocycles. The molecule has 0 radical (unpaired) electrons. The van der Waals surface area contributed by atoms with Gasteiger partial charge in [-0.2, -0.15) is 0 Å². The summed E-state index contributed by atoms with van der Waals surface area (Å²) < 4.78 is 0. The first-order chi connectivity index (χ1) is 13.7. The summed E-state index contributed by atoms with van der Waals surface area (Å²) in [6.07, 6.45) is 0. The fourth-order valence-electron chi connectivity index (χ4n) is 4.14. The molecule has 1 aliphatic rings. The van der Waals surface area contributed by atoms with Crippen LogP contribution in [0.25, 0.3) is 0 Å². The summed E-state index contributed by atoms with van der Waals surface area (Å²) in [6.45, 7) is 7.50. The Morgan fingerprint density at radius 1 is 0.793 bits per heavy atom. The first-order valence-electron chi connectivity index (χ1n) is 10.0. The largest absolute Gasteiger partial charge is 0.297 e. The average Bonchev–Trinajstić information content (AvgIpc) is 2.72. The number of piperazine rings is 1. The molecular weight excluding hydrogens is 399 g/mol. The van der Waals surface area contributed by atoms with Crippen molar-refractivity contribution in [3.05, 3.63) is 106 Å². The Kier molecular flexibility index (Phi) is 7.74. The van der Waals surface area contributed by atoms with Crippen molar-refractivity contribution >= 4 is 24.0 Å². The van der Waals surface area contributed by atoms with Crippen LogP contribution in [-0.2, 0) is 6.54 Å². The third-order valence-electron chi connectivity index (χ3n) is 5.56. The van der Waals surface area contributed by atoms with Crippen LogP contribution in [0.1, 0.15) is 28.3 Å². The smallest absolute Gasteiger partial charge is 0.0602 e. The summed E-state index contributed by atoms with van der Waals surface area (Å²) >= 11 is 6.14. The molecule has 0 saturated carbocycles. The molecule has 1 fully saturated rings. The van der Waals surface area contributed by atoms with Gasteiger partial charge in [0.1, 0.15) is 0 Å². The maximum atomic E-state index is 6.14. The van der Waals surface area contributed by atoms with Crippen molar-refractivity contribution in [2.45, 2.75) is 19.5 Å². The lowest BCUT2D eigenvalue weighted by Gasteiger charge is -2.40. The van der Waals surface area contributed by atoms with E-state index in [0.717, 1.165) is 37.7 Å². The van der Waals surface area contributed by atoms with Crippen molar-refractivity contribution in [3.8, 4) is 0 Å². The van der Waals surface area contributed by atoms with Crippen LogP contribution in [0.5, 0.6) is 0 Å². The van der Waals surface area contributed by atoms with Gasteiger partial charge in [0.25, 0.3) is 0 Å². The Labute approximate surface area is 185 Å². The monoisotopic (exact) mass is 426 g/mol. The fourth-order valence-corrected chi connectivity index (χ4v) is 4.27. The van der Waals surface area contributed by atoms with E-state index >= 15 is 0 Å². The molecule has 29 heavy (non-hydrogen) atoms. The average molecular weight is 427 g/mol. The van der Waals surface area contributed by atoms with Gasteiger partial charge < -0.3 is 0 Å². The van der Waals surface area contributed by atoms with Crippen molar-refractivity contribution in [1.82, 2.24) is 9.80 Å². The molecule has 1 saturated heterocycles. The molecule has 3 aromatic rings. The molecule has 0 aliphatic carbocycles. The van der Waals surface area contributed by atoms with Crippen molar-refractivity contribution in [2.24, 2.45) is 0 Å². The van der Waals surface area contributed by atoms with E-state index in [4.69, 9.17) is 11.6 Å². The van der Waals surface area contributed by atoms with Gasteiger partial charge in [0, 0.05) is 37.7 Å². The number of hydrogen-bond donors (Lipinski definition) is 0. The van der Waals surface area contributed by atoms with Crippen LogP contribution in [0.3, 0.4) is 0 Å². The zero-order valence-corrected chi connectivity index (χ0v) is 18.4. The van der Waals surface area contributed by atoms with Crippen LogP contribution in [0.15, 0.2) is 78.9 Å². The molecule has 1 unspecified atom stereocenters. The second kappa shape index (κ2) is 10.3. The van der Waals surface area contributed by atoms with E-state index in [0.29, 0.717) is 0 Å². The summed E-state index contributed by atoms with van der Waals surface area (Å²) in [6, 6.07) is 28.3. The summed E-state index contributed by atoms with van der Waals surface area (Å²) in [5.74, 6) is 0. The van der Waals surface area contributed by atoms with E-state index < -0.39 is 0 Å². The standard InChI is InChI=1S/C25H27ClN2.ClH/c1-20-6-5-7-21(18-20)19-27-14-16-28(17-15-27)25(22-8-3-2-4-9-22)23-10-12-24(26)13-11-23;/h2-13,18,25H,14-17,19H2,1H3;1H. The lowest BCUT2D eigenvalue weighted by Crippen LogP contribution is -2.47. The molecule has 0 amide bonds. The van der Waals surface area contributed by atoms with E-state index in [1.54, 1.807) is 0 Å². The molecule has 0 spiro atoms. The zero-order valence-electron chi connectivity index (χ0n) is 16.8. The van der Waals surface area contributed by atoms with Crippen LogP contribution < -0.4 is 0 Å². The van der Waals surface area contributed by atoms with Gasteiger partial charge in [-0.05, 0) is 35.7 Å². The van der Waals surface area contributed by atoms with Gasteiger partial charge >= 0.3 is 0 Å². The molecule has 2 nitrogen and oxygen atoms in total. The molecule has 1 atom stereocenters. The number of nitrogens with zero attached hydrogens (tertiary/aromatic N) is 2. The van der Waals surface area contributed by atoms with E-state index in [-0.39, 0.29) is 18.4 Å².